The molecule has 0 radical (unpaired) electrons. The van der Waals surface area contributed by atoms with Crippen LogP contribution in [0.25, 0.3) is 22.3 Å². The van der Waals surface area contributed by atoms with Gasteiger partial charge in [0.25, 0.3) is 0 Å². The maximum atomic E-state index is 11.8. The van der Waals surface area contributed by atoms with Crippen LogP contribution in [0.3, 0.4) is 0 Å². The van der Waals surface area contributed by atoms with Crippen LogP contribution in [0, 0.1) is 0 Å². The zero-order valence-electron chi connectivity index (χ0n) is 12.4. The summed E-state index contributed by atoms with van der Waals surface area (Å²) >= 11 is 7.72. The van der Waals surface area contributed by atoms with Crippen LogP contribution in [0.4, 0.5) is 0 Å². The molecule has 0 aliphatic carbocycles. The van der Waals surface area contributed by atoms with Crippen molar-refractivity contribution in [2.45, 2.75) is 5.16 Å². The highest BCUT2D eigenvalue weighted by Gasteiger charge is 2.17. The number of rotatable bonds is 3. The van der Waals surface area contributed by atoms with Crippen LogP contribution in [0.1, 0.15) is 10.5 Å². The van der Waals surface area contributed by atoms with E-state index in [1.807, 2.05) is 36.6 Å². The minimum Gasteiger partial charge on any atom is -0.464 e. The van der Waals surface area contributed by atoms with E-state index < -0.39 is 5.97 Å². The standard InChI is InChI=1S/C16H12ClN3O2S/c1-22-15(21)11-8-10(17)13-14(18-11)12(19-16(20-13)23-2)9-6-4-3-5-7-9/h3-8H,1-2H3. The monoisotopic (exact) mass is 345 g/mol. The van der Waals surface area contributed by atoms with Crippen molar-refractivity contribution >= 4 is 40.4 Å². The van der Waals surface area contributed by atoms with Gasteiger partial charge in [-0.15, -0.1) is 0 Å². The molecule has 0 aliphatic heterocycles. The molecule has 0 bridgehead atoms. The predicted octanol–water partition coefficient (Wildman–Crippen LogP) is 3.85. The lowest BCUT2D eigenvalue weighted by atomic mass is 10.1. The molecule has 5 nitrogen and oxygen atoms in total. The molecule has 0 spiro atoms. The predicted molar refractivity (Wildman–Crippen MR) is 90.9 cm³/mol. The largest absolute Gasteiger partial charge is 0.464 e. The first-order valence-electron chi connectivity index (χ1n) is 6.70. The number of pyridine rings is 1. The summed E-state index contributed by atoms with van der Waals surface area (Å²) in [6.07, 6.45) is 1.89. The molecule has 0 fully saturated rings. The Morgan fingerprint density at radius 3 is 2.52 bits per heavy atom. The summed E-state index contributed by atoms with van der Waals surface area (Å²) in [5.74, 6) is -0.554. The Hall–Kier alpha value is -2.18. The number of hydrogen-bond acceptors (Lipinski definition) is 6. The maximum Gasteiger partial charge on any atom is 0.356 e. The SMILES string of the molecule is COC(=O)c1cc(Cl)c2nc(SC)nc(-c3ccccc3)c2n1. The molecule has 0 amide bonds. The van der Waals surface area contributed by atoms with Gasteiger partial charge < -0.3 is 4.74 Å². The molecule has 2 heterocycles. The molecule has 116 valence electrons. The van der Waals surface area contributed by atoms with E-state index in [0.29, 0.717) is 26.9 Å². The number of halogens is 1. The molecule has 3 aromatic rings. The van der Waals surface area contributed by atoms with Crippen molar-refractivity contribution in [3.63, 3.8) is 0 Å². The van der Waals surface area contributed by atoms with Crippen LogP contribution in [0.5, 0.6) is 0 Å². The van der Waals surface area contributed by atoms with Crippen LogP contribution < -0.4 is 0 Å². The number of hydrogen-bond donors (Lipinski definition) is 0. The van der Waals surface area contributed by atoms with Crippen LogP contribution in [-0.2, 0) is 4.74 Å². The lowest BCUT2D eigenvalue weighted by Gasteiger charge is -2.09. The third-order valence-electron chi connectivity index (χ3n) is 3.21. The topological polar surface area (TPSA) is 65.0 Å². The van der Waals surface area contributed by atoms with Gasteiger partial charge in [-0.25, -0.2) is 19.7 Å². The first kappa shape index (κ1) is 15.7. The minimum atomic E-state index is -0.554. The van der Waals surface area contributed by atoms with Crippen LogP contribution in [0.2, 0.25) is 5.02 Å². The molecule has 3 rings (SSSR count). The molecule has 7 heteroatoms. The van der Waals surface area contributed by atoms with Gasteiger partial charge in [-0.05, 0) is 12.3 Å². The van der Waals surface area contributed by atoms with Gasteiger partial charge in [0.2, 0.25) is 0 Å². The summed E-state index contributed by atoms with van der Waals surface area (Å²) in [5, 5.41) is 0.927. The van der Waals surface area contributed by atoms with Gasteiger partial charge in [0.05, 0.1) is 12.1 Å². The fourth-order valence-corrected chi connectivity index (χ4v) is 2.75. The van der Waals surface area contributed by atoms with E-state index in [0.717, 1.165) is 5.56 Å². The fraction of sp³-hybridized carbons (Fsp3) is 0.125. The Morgan fingerprint density at radius 1 is 1.13 bits per heavy atom. The number of methoxy groups -OCH3 is 1. The summed E-state index contributed by atoms with van der Waals surface area (Å²) in [4.78, 5) is 25.1. The molecule has 0 unspecified atom stereocenters. The number of nitrogens with zero attached hydrogens (tertiary/aromatic N) is 3. The van der Waals surface area contributed by atoms with E-state index >= 15 is 0 Å². The van der Waals surface area contributed by atoms with Crippen LogP contribution in [0.15, 0.2) is 41.6 Å². The molecule has 0 N–H and O–H groups in total. The Bertz CT molecular complexity index is 887. The van der Waals surface area contributed by atoms with Crippen molar-refractivity contribution in [2.75, 3.05) is 13.4 Å². The number of ether oxygens (including phenoxy) is 1. The number of fused-ring (bicyclic) bond motifs is 1. The van der Waals surface area contributed by atoms with E-state index in [1.54, 1.807) is 0 Å². The van der Waals surface area contributed by atoms with Crippen molar-refractivity contribution in [3.8, 4) is 11.3 Å². The fourth-order valence-electron chi connectivity index (χ4n) is 2.15. The van der Waals surface area contributed by atoms with Crippen LogP contribution >= 0.6 is 23.4 Å². The lowest BCUT2D eigenvalue weighted by molar-refractivity contribution is 0.0594. The van der Waals surface area contributed by atoms with Gasteiger partial charge >= 0.3 is 5.97 Å². The summed E-state index contributed by atoms with van der Waals surface area (Å²) in [6.45, 7) is 0. The third kappa shape index (κ3) is 3.00. The number of carbonyl (C=O) groups is 1. The van der Waals surface area contributed by atoms with E-state index in [1.165, 1.54) is 24.9 Å². The van der Waals surface area contributed by atoms with Crippen LogP contribution in [-0.4, -0.2) is 34.3 Å². The zero-order valence-corrected chi connectivity index (χ0v) is 14.0. The second-order valence-corrected chi connectivity index (χ2v) is 5.78. The van der Waals surface area contributed by atoms with Crippen molar-refractivity contribution in [1.29, 1.82) is 0 Å². The average Bonchev–Trinajstić information content (AvgIpc) is 2.61. The van der Waals surface area contributed by atoms with Gasteiger partial charge in [-0.1, -0.05) is 53.7 Å². The van der Waals surface area contributed by atoms with E-state index in [9.17, 15) is 4.79 Å². The summed E-state index contributed by atoms with van der Waals surface area (Å²) in [6, 6.07) is 11.0. The normalized spacial score (nSPS) is 10.7. The van der Waals surface area contributed by atoms with E-state index in [4.69, 9.17) is 16.3 Å². The lowest BCUT2D eigenvalue weighted by Crippen LogP contribution is -2.06. The quantitative estimate of drug-likeness (QED) is 0.408. The van der Waals surface area contributed by atoms with Crippen molar-refractivity contribution in [1.82, 2.24) is 15.0 Å². The van der Waals surface area contributed by atoms with Gasteiger partial charge in [-0.3, -0.25) is 0 Å². The third-order valence-corrected chi connectivity index (χ3v) is 4.05. The zero-order chi connectivity index (χ0) is 16.4. The molecule has 0 atom stereocenters. The second-order valence-electron chi connectivity index (χ2n) is 4.60. The molecule has 0 saturated heterocycles. The van der Waals surface area contributed by atoms with Gasteiger partial charge in [0.1, 0.15) is 16.7 Å². The highest BCUT2D eigenvalue weighted by atomic mass is 35.5. The molecular weight excluding hydrogens is 334 g/mol. The van der Waals surface area contributed by atoms with Gasteiger partial charge in [-0.2, -0.15) is 0 Å². The summed E-state index contributed by atoms with van der Waals surface area (Å²) in [5.41, 5.74) is 2.62. The Morgan fingerprint density at radius 2 is 1.87 bits per heavy atom. The molecular formula is C16H12ClN3O2S. The van der Waals surface area contributed by atoms with E-state index in [-0.39, 0.29) is 5.69 Å². The molecule has 0 saturated carbocycles. The average molecular weight is 346 g/mol. The first-order valence-corrected chi connectivity index (χ1v) is 8.30. The Balaban J connectivity index is 2.36. The van der Waals surface area contributed by atoms with Gasteiger partial charge in [0.15, 0.2) is 10.9 Å². The van der Waals surface area contributed by atoms with Crippen molar-refractivity contribution in [2.24, 2.45) is 0 Å². The van der Waals surface area contributed by atoms with Crippen molar-refractivity contribution < 1.29 is 9.53 Å². The molecule has 2 aromatic heterocycles. The molecule has 0 aliphatic rings. The smallest absolute Gasteiger partial charge is 0.356 e. The van der Waals surface area contributed by atoms with E-state index in [2.05, 4.69) is 15.0 Å². The number of benzene rings is 1. The molecule has 23 heavy (non-hydrogen) atoms. The van der Waals surface area contributed by atoms with Crippen molar-refractivity contribution in [3.05, 3.63) is 47.1 Å². The summed E-state index contributed by atoms with van der Waals surface area (Å²) < 4.78 is 4.73. The second kappa shape index (κ2) is 6.52. The Kier molecular flexibility index (Phi) is 4.45. The highest BCUT2D eigenvalue weighted by molar-refractivity contribution is 7.98. The maximum absolute atomic E-state index is 11.8. The number of esters is 1. The summed E-state index contributed by atoms with van der Waals surface area (Å²) in [7, 11) is 1.30. The number of aromatic nitrogens is 3. The minimum absolute atomic E-state index is 0.127. The highest BCUT2D eigenvalue weighted by Crippen LogP contribution is 2.31. The number of carbonyl (C=O) groups excluding carboxylic acids is 1. The van der Waals surface area contributed by atoms with Gasteiger partial charge in [0, 0.05) is 5.56 Å². The number of thioether (sulfide) groups is 1. The molecule has 1 aromatic carbocycles. The first-order chi connectivity index (χ1) is 11.1. The Labute approximate surface area is 142 Å².